The van der Waals surface area contributed by atoms with Crippen LogP contribution in [0.3, 0.4) is 0 Å². The fourth-order valence-electron chi connectivity index (χ4n) is 1.28. The van der Waals surface area contributed by atoms with E-state index in [-0.39, 0.29) is 0 Å². The molecule has 0 amide bonds. The molecular weight excluding hydrogens is 184 g/mol. The van der Waals surface area contributed by atoms with E-state index in [1.54, 1.807) is 6.92 Å². The van der Waals surface area contributed by atoms with Gasteiger partial charge in [-0.3, -0.25) is 0 Å². The maximum absolute atomic E-state index is 11.0. The summed E-state index contributed by atoms with van der Waals surface area (Å²) in [6.07, 6.45) is 0.529. The molecule has 1 rings (SSSR count). The van der Waals surface area contributed by atoms with Gasteiger partial charge in [0.25, 0.3) is 0 Å². The van der Waals surface area contributed by atoms with Crippen molar-refractivity contribution in [3.05, 3.63) is 5.82 Å². The van der Waals surface area contributed by atoms with Crippen LogP contribution in [0.5, 0.6) is 0 Å². The van der Waals surface area contributed by atoms with Crippen molar-refractivity contribution in [1.29, 1.82) is 0 Å². The van der Waals surface area contributed by atoms with Gasteiger partial charge in [-0.1, -0.05) is 13.8 Å². The van der Waals surface area contributed by atoms with Crippen molar-refractivity contribution in [2.24, 2.45) is 5.92 Å². The molecule has 0 aliphatic rings. The SMILES string of the molecule is Cc1nnnn1C(CC(C)C)C(=O)O. The van der Waals surface area contributed by atoms with E-state index in [9.17, 15) is 4.79 Å². The van der Waals surface area contributed by atoms with E-state index in [4.69, 9.17) is 5.11 Å². The van der Waals surface area contributed by atoms with Gasteiger partial charge in [0, 0.05) is 0 Å². The number of hydrogen-bond donors (Lipinski definition) is 1. The van der Waals surface area contributed by atoms with Gasteiger partial charge in [0.05, 0.1) is 0 Å². The first-order valence-corrected chi connectivity index (χ1v) is 4.49. The van der Waals surface area contributed by atoms with Gasteiger partial charge in [-0.25, -0.2) is 9.48 Å². The molecule has 1 unspecified atom stereocenters. The Labute approximate surface area is 81.9 Å². The number of nitrogens with zero attached hydrogens (tertiary/aromatic N) is 4. The molecule has 1 atom stereocenters. The number of rotatable bonds is 4. The summed E-state index contributed by atoms with van der Waals surface area (Å²) < 4.78 is 1.35. The summed E-state index contributed by atoms with van der Waals surface area (Å²) in [6, 6.07) is -0.662. The Balaban J connectivity index is 2.89. The van der Waals surface area contributed by atoms with Crippen molar-refractivity contribution < 1.29 is 9.90 Å². The number of hydrogen-bond acceptors (Lipinski definition) is 4. The van der Waals surface area contributed by atoms with Crippen molar-refractivity contribution in [2.75, 3.05) is 0 Å². The summed E-state index contributed by atoms with van der Waals surface area (Å²) in [5.74, 6) is -0.0770. The van der Waals surface area contributed by atoms with Crippen molar-refractivity contribution in [1.82, 2.24) is 20.2 Å². The van der Waals surface area contributed by atoms with Gasteiger partial charge >= 0.3 is 5.97 Å². The lowest BCUT2D eigenvalue weighted by molar-refractivity contribution is -0.141. The topological polar surface area (TPSA) is 80.9 Å². The van der Waals surface area contributed by atoms with Crippen LogP contribution in [0.4, 0.5) is 0 Å². The third-order valence-corrected chi connectivity index (χ3v) is 1.93. The number of aliphatic carboxylic acids is 1. The Kier molecular flexibility index (Phi) is 3.16. The number of carbonyl (C=O) groups is 1. The van der Waals surface area contributed by atoms with Gasteiger partial charge < -0.3 is 5.11 Å². The molecule has 1 aromatic heterocycles. The standard InChI is InChI=1S/C8H14N4O2/c1-5(2)4-7(8(13)14)12-6(3)9-10-11-12/h5,7H,4H2,1-3H3,(H,13,14). The average molecular weight is 198 g/mol. The van der Waals surface area contributed by atoms with E-state index in [0.29, 0.717) is 18.2 Å². The van der Waals surface area contributed by atoms with Gasteiger partial charge in [-0.2, -0.15) is 0 Å². The van der Waals surface area contributed by atoms with Crippen LogP contribution in [-0.4, -0.2) is 31.3 Å². The summed E-state index contributed by atoms with van der Waals surface area (Å²) in [5.41, 5.74) is 0. The zero-order chi connectivity index (χ0) is 10.7. The summed E-state index contributed by atoms with van der Waals surface area (Å²) in [5, 5.41) is 19.8. The van der Waals surface area contributed by atoms with E-state index in [1.165, 1.54) is 4.68 Å². The van der Waals surface area contributed by atoms with Gasteiger partial charge in [-0.05, 0) is 29.7 Å². The lowest BCUT2D eigenvalue weighted by atomic mass is 10.0. The quantitative estimate of drug-likeness (QED) is 0.768. The molecule has 0 saturated carbocycles. The summed E-state index contributed by atoms with van der Waals surface area (Å²) >= 11 is 0. The Morgan fingerprint density at radius 1 is 1.57 bits per heavy atom. The first-order valence-electron chi connectivity index (χ1n) is 4.49. The second-order valence-electron chi connectivity index (χ2n) is 3.65. The highest BCUT2D eigenvalue weighted by Gasteiger charge is 2.23. The summed E-state index contributed by atoms with van der Waals surface area (Å²) in [4.78, 5) is 11.0. The van der Waals surface area contributed by atoms with E-state index >= 15 is 0 Å². The van der Waals surface area contributed by atoms with Crippen molar-refractivity contribution in [3.63, 3.8) is 0 Å². The molecule has 0 aliphatic carbocycles. The zero-order valence-electron chi connectivity index (χ0n) is 8.51. The Bertz CT molecular complexity index is 321. The minimum absolute atomic E-state index is 0.291. The Hall–Kier alpha value is -1.46. The van der Waals surface area contributed by atoms with Gasteiger partial charge in [-0.15, -0.1) is 5.10 Å². The average Bonchev–Trinajstić information content (AvgIpc) is 2.46. The maximum atomic E-state index is 11.0. The van der Waals surface area contributed by atoms with Crippen LogP contribution in [0.1, 0.15) is 32.1 Å². The minimum Gasteiger partial charge on any atom is -0.480 e. The van der Waals surface area contributed by atoms with Crippen LogP contribution in [0.2, 0.25) is 0 Å². The molecule has 1 heterocycles. The first kappa shape index (κ1) is 10.6. The lowest BCUT2D eigenvalue weighted by Gasteiger charge is -2.14. The first-order chi connectivity index (χ1) is 6.52. The second kappa shape index (κ2) is 4.17. The smallest absolute Gasteiger partial charge is 0.328 e. The molecular formula is C8H14N4O2. The zero-order valence-corrected chi connectivity index (χ0v) is 8.51. The number of tetrazole rings is 1. The lowest BCUT2D eigenvalue weighted by Crippen LogP contribution is -2.23. The van der Waals surface area contributed by atoms with Gasteiger partial charge in [0.2, 0.25) is 0 Å². The maximum Gasteiger partial charge on any atom is 0.328 e. The highest BCUT2D eigenvalue weighted by Crippen LogP contribution is 2.17. The fraction of sp³-hybridized carbons (Fsp3) is 0.750. The largest absolute Gasteiger partial charge is 0.480 e. The highest BCUT2D eigenvalue weighted by molar-refractivity contribution is 5.71. The molecule has 6 heteroatoms. The van der Waals surface area contributed by atoms with E-state index in [2.05, 4.69) is 15.5 Å². The molecule has 0 radical (unpaired) electrons. The second-order valence-corrected chi connectivity index (χ2v) is 3.65. The Morgan fingerprint density at radius 2 is 2.21 bits per heavy atom. The Morgan fingerprint density at radius 3 is 2.57 bits per heavy atom. The normalized spacial score (nSPS) is 13.1. The monoisotopic (exact) mass is 198 g/mol. The molecule has 0 fully saturated rings. The highest BCUT2D eigenvalue weighted by atomic mass is 16.4. The fourth-order valence-corrected chi connectivity index (χ4v) is 1.28. The van der Waals surface area contributed by atoms with Gasteiger partial charge in [0.15, 0.2) is 6.04 Å². The minimum atomic E-state index is -0.894. The van der Waals surface area contributed by atoms with Crippen LogP contribution >= 0.6 is 0 Å². The van der Waals surface area contributed by atoms with Crippen molar-refractivity contribution in [3.8, 4) is 0 Å². The third-order valence-electron chi connectivity index (χ3n) is 1.93. The molecule has 78 valence electrons. The van der Waals surface area contributed by atoms with E-state index in [1.807, 2.05) is 13.8 Å². The summed E-state index contributed by atoms with van der Waals surface area (Å²) in [6.45, 7) is 5.63. The molecule has 0 saturated heterocycles. The van der Waals surface area contributed by atoms with Crippen LogP contribution in [-0.2, 0) is 4.79 Å². The van der Waals surface area contributed by atoms with Crippen LogP contribution in [0, 0.1) is 12.8 Å². The van der Waals surface area contributed by atoms with Gasteiger partial charge in [0.1, 0.15) is 5.82 Å². The summed E-state index contributed by atoms with van der Waals surface area (Å²) in [7, 11) is 0. The molecule has 0 spiro atoms. The van der Waals surface area contributed by atoms with Crippen LogP contribution < -0.4 is 0 Å². The van der Waals surface area contributed by atoms with Crippen LogP contribution in [0.25, 0.3) is 0 Å². The number of carboxylic acids is 1. The molecule has 0 aromatic carbocycles. The molecule has 0 aliphatic heterocycles. The molecule has 6 nitrogen and oxygen atoms in total. The molecule has 1 N–H and O–H groups in total. The van der Waals surface area contributed by atoms with Crippen molar-refractivity contribution >= 4 is 5.97 Å². The van der Waals surface area contributed by atoms with Crippen molar-refractivity contribution in [2.45, 2.75) is 33.2 Å². The predicted molar refractivity (Wildman–Crippen MR) is 48.7 cm³/mol. The number of carboxylic acid groups (broad SMARTS) is 1. The predicted octanol–water partition coefficient (Wildman–Crippen LogP) is 0.653. The van der Waals surface area contributed by atoms with E-state index in [0.717, 1.165) is 0 Å². The number of aromatic nitrogens is 4. The molecule has 1 aromatic rings. The molecule has 14 heavy (non-hydrogen) atoms. The van der Waals surface area contributed by atoms with Crippen LogP contribution in [0.15, 0.2) is 0 Å². The third kappa shape index (κ3) is 2.27. The van der Waals surface area contributed by atoms with E-state index < -0.39 is 12.0 Å². The molecule has 0 bridgehead atoms. The number of aryl methyl sites for hydroxylation is 1.